The summed E-state index contributed by atoms with van der Waals surface area (Å²) in [6.07, 6.45) is 5.71. The Kier molecular flexibility index (Phi) is 5.32. The number of nitrogens with zero attached hydrogens (tertiary/aromatic N) is 4. The summed E-state index contributed by atoms with van der Waals surface area (Å²) in [6, 6.07) is 11.3. The van der Waals surface area contributed by atoms with Crippen LogP contribution in [0.3, 0.4) is 0 Å². The number of likely N-dealkylation sites (tertiary alicyclic amines) is 1. The van der Waals surface area contributed by atoms with Gasteiger partial charge < -0.3 is 13.9 Å². The lowest BCUT2D eigenvalue weighted by Crippen LogP contribution is -2.27. The highest BCUT2D eigenvalue weighted by Gasteiger charge is 2.60. The molecule has 2 fully saturated rings. The zero-order chi connectivity index (χ0) is 22.5. The van der Waals surface area contributed by atoms with Gasteiger partial charge in [0.25, 0.3) is 0 Å². The van der Waals surface area contributed by atoms with Crippen LogP contribution in [-0.2, 0) is 12.5 Å². The number of aryl methyl sites for hydroxylation is 3. The van der Waals surface area contributed by atoms with Gasteiger partial charge in [0, 0.05) is 25.6 Å². The van der Waals surface area contributed by atoms with E-state index < -0.39 is 0 Å². The second-order valence-electron chi connectivity index (χ2n) is 9.81. The number of fused-ring (bicyclic) bond motifs is 1. The molecule has 2 aliphatic rings. The number of hydrogen-bond acceptors (Lipinski definition) is 4. The van der Waals surface area contributed by atoms with Gasteiger partial charge in [-0.3, -0.25) is 0 Å². The van der Waals surface area contributed by atoms with E-state index in [-0.39, 0.29) is 0 Å². The molecule has 0 spiro atoms. The lowest BCUT2D eigenvalue weighted by Gasteiger charge is -2.21. The van der Waals surface area contributed by atoms with Crippen molar-refractivity contribution in [3.05, 3.63) is 64.9 Å². The third-order valence-electron chi connectivity index (χ3n) is 7.56. The van der Waals surface area contributed by atoms with Crippen LogP contribution in [-0.4, -0.2) is 39.3 Å². The maximum atomic E-state index is 5.70. The standard InChI is InChI=1S/C27H34N4O/c1-6-21(25-28-29-26(30(25)5)24-14-19(3)32-20(24)4)8-7-13-31-16-23-15-27(23,17-31)22-11-9-18(2)10-12-22/h6,9-12,14,23H,7-8,13,15-17H2,1-5H3/b21-6-. The van der Waals surface area contributed by atoms with Gasteiger partial charge in [-0.05, 0) is 76.6 Å². The van der Waals surface area contributed by atoms with Crippen molar-refractivity contribution in [3.63, 3.8) is 0 Å². The highest BCUT2D eigenvalue weighted by Crippen LogP contribution is 2.59. The van der Waals surface area contributed by atoms with Crippen molar-refractivity contribution >= 4 is 5.57 Å². The van der Waals surface area contributed by atoms with E-state index in [9.17, 15) is 0 Å². The summed E-state index contributed by atoms with van der Waals surface area (Å²) in [5, 5.41) is 9.01. The maximum Gasteiger partial charge on any atom is 0.167 e. The van der Waals surface area contributed by atoms with Crippen molar-refractivity contribution in [1.29, 1.82) is 0 Å². The van der Waals surface area contributed by atoms with Crippen LogP contribution >= 0.6 is 0 Å². The highest BCUT2D eigenvalue weighted by molar-refractivity contribution is 5.65. The number of rotatable bonds is 7. The molecule has 1 saturated carbocycles. The van der Waals surface area contributed by atoms with Gasteiger partial charge in [0.05, 0.1) is 5.56 Å². The van der Waals surface area contributed by atoms with Crippen LogP contribution < -0.4 is 0 Å². The number of piperidine rings is 1. The fraction of sp³-hybridized carbons (Fsp3) is 0.481. The van der Waals surface area contributed by atoms with Gasteiger partial charge in [0.1, 0.15) is 11.5 Å². The van der Waals surface area contributed by atoms with Gasteiger partial charge in [-0.2, -0.15) is 0 Å². The van der Waals surface area contributed by atoms with E-state index >= 15 is 0 Å². The molecule has 5 rings (SSSR count). The van der Waals surface area contributed by atoms with Crippen molar-refractivity contribution in [2.75, 3.05) is 19.6 Å². The predicted octanol–water partition coefficient (Wildman–Crippen LogP) is 5.46. The summed E-state index contributed by atoms with van der Waals surface area (Å²) < 4.78 is 7.80. The van der Waals surface area contributed by atoms with E-state index in [1.165, 1.54) is 30.6 Å². The molecule has 0 N–H and O–H groups in total. The molecule has 0 radical (unpaired) electrons. The van der Waals surface area contributed by atoms with Crippen molar-refractivity contribution in [1.82, 2.24) is 19.7 Å². The minimum atomic E-state index is 0.427. The first-order valence-electron chi connectivity index (χ1n) is 11.8. The van der Waals surface area contributed by atoms with E-state index in [1.807, 2.05) is 19.9 Å². The van der Waals surface area contributed by atoms with Gasteiger partial charge >= 0.3 is 0 Å². The first-order valence-corrected chi connectivity index (χ1v) is 11.8. The number of furan rings is 1. The summed E-state index contributed by atoms with van der Waals surface area (Å²) in [5.74, 6) is 4.46. The number of benzene rings is 1. The summed E-state index contributed by atoms with van der Waals surface area (Å²) >= 11 is 0. The first-order chi connectivity index (χ1) is 15.4. The van der Waals surface area contributed by atoms with Crippen LogP contribution in [0.25, 0.3) is 17.0 Å². The molecule has 1 aliphatic heterocycles. The molecule has 1 saturated heterocycles. The molecular formula is C27H34N4O. The van der Waals surface area contributed by atoms with Crippen LogP contribution in [0, 0.1) is 26.7 Å². The SMILES string of the molecule is C/C=C(/CCCN1CC2CC2(c2ccc(C)cc2)C1)c1nnc(-c2cc(C)oc2C)n1C. The van der Waals surface area contributed by atoms with Gasteiger partial charge in [-0.25, -0.2) is 0 Å². The van der Waals surface area contributed by atoms with Crippen LogP contribution in [0.15, 0.2) is 40.8 Å². The Labute approximate surface area is 191 Å². The number of hydrogen-bond donors (Lipinski definition) is 0. The molecule has 2 aromatic heterocycles. The monoisotopic (exact) mass is 430 g/mol. The quantitative estimate of drug-likeness (QED) is 0.499. The van der Waals surface area contributed by atoms with Crippen molar-refractivity contribution < 1.29 is 4.42 Å². The molecule has 2 atom stereocenters. The van der Waals surface area contributed by atoms with Crippen molar-refractivity contribution in [2.45, 2.75) is 52.4 Å². The molecule has 0 amide bonds. The average Bonchev–Trinajstić information content (AvgIpc) is 3.02. The Morgan fingerprint density at radius 1 is 1.19 bits per heavy atom. The summed E-state index contributed by atoms with van der Waals surface area (Å²) in [6.45, 7) is 11.8. The van der Waals surface area contributed by atoms with Crippen LogP contribution in [0.4, 0.5) is 0 Å². The zero-order valence-electron chi connectivity index (χ0n) is 20.0. The van der Waals surface area contributed by atoms with Gasteiger partial charge in [0.2, 0.25) is 0 Å². The summed E-state index contributed by atoms with van der Waals surface area (Å²) in [7, 11) is 2.05. The smallest absolute Gasteiger partial charge is 0.167 e. The molecule has 2 unspecified atom stereocenters. The Morgan fingerprint density at radius 3 is 2.66 bits per heavy atom. The minimum Gasteiger partial charge on any atom is -0.466 e. The molecule has 1 aromatic carbocycles. The molecule has 3 heterocycles. The largest absolute Gasteiger partial charge is 0.466 e. The number of allylic oxidation sites excluding steroid dienone is 2. The Hall–Kier alpha value is -2.66. The zero-order valence-corrected chi connectivity index (χ0v) is 20.0. The van der Waals surface area contributed by atoms with Gasteiger partial charge in [-0.15, -0.1) is 10.2 Å². The van der Waals surface area contributed by atoms with Crippen LogP contribution in [0.5, 0.6) is 0 Å². The van der Waals surface area contributed by atoms with Crippen molar-refractivity contribution in [2.24, 2.45) is 13.0 Å². The Balaban J connectivity index is 1.21. The molecular weight excluding hydrogens is 396 g/mol. The van der Waals surface area contributed by atoms with E-state index in [4.69, 9.17) is 4.42 Å². The van der Waals surface area contributed by atoms with Crippen LogP contribution in [0.2, 0.25) is 0 Å². The van der Waals surface area contributed by atoms with E-state index in [0.29, 0.717) is 5.41 Å². The maximum absolute atomic E-state index is 5.70. The van der Waals surface area contributed by atoms with Crippen LogP contribution in [0.1, 0.15) is 54.7 Å². The normalized spacial score (nSPS) is 23.0. The van der Waals surface area contributed by atoms with E-state index in [1.54, 1.807) is 5.56 Å². The third kappa shape index (κ3) is 3.62. The summed E-state index contributed by atoms with van der Waals surface area (Å²) in [5.41, 5.74) is 5.61. The molecule has 3 aromatic rings. The molecule has 168 valence electrons. The van der Waals surface area contributed by atoms with E-state index in [2.05, 4.69) is 70.9 Å². The van der Waals surface area contributed by atoms with Gasteiger partial charge in [0.15, 0.2) is 11.6 Å². The average molecular weight is 431 g/mol. The lowest BCUT2D eigenvalue weighted by atomic mass is 9.94. The number of aromatic nitrogens is 3. The second-order valence-corrected chi connectivity index (χ2v) is 9.81. The third-order valence-corrected chi connectivity index (χ3v) is 7.56. The highest BCUT2D eigenvalue weighted by atomic mass is 16.3. The van der Waals surface area contributed by atoms with E-state index in [0.717, 1.165) is 54.0 Å². The topological polar surface area (TPSA) is 47.1 Å². The molecule has 5 nitrogen and oxygen atoms in total. The molecule has 1 aliphatic carbocycles. The lowest BCUT2D eigenvalue weighted by molar-refractivity contribution is 0.295. The fourth-order valence-corrected chi connectivity index (χ4v) is 5.66. The fourth-order valence-electron chi connectivity index (χ4n) is 5.66. The second kappa shape index (κ2) is 8.04. The molecule has 5 heteroatoms. The summed E-state index contributed by atoms with van der Waals surface area (Å²) in [4.78, 5) is 2.67. The Bertz CT molecular complexity index is 1150. The molecule has 32 heavy (non-hydrogen) atoms. The van der Waals surface area contributed by atoms with Gasteiger partial charge in [-0.1, -0.05) is 35.9 Å². The predicted molar refractivity (Wildman–Crippen MR) is 128 cm³/mol. The minimum absolute atomic E-state index is 0.427. The first kappa shape index (κ1) is 21.2. The van der Waals surface area contributed by atoms with Crippen molar-refractivity contribution in [3.8, 4) is 11.4 Å². The molecule has 0 bridgehead atoms. The Morgan fingerprint density at radius 2 is 1.97 bits per heavy atom.